The number of nitrogens with one attached hydrogen (secondary N) is 1. The van der Waals surface area contributed by atoms with E-state index in [1.165, 1.54) is 25.7 Å². The van der Waals surface area contributed by atoms with Crippen molar-refractivity contribution >= 4 is 0 Å². The maximum atomic E-state index is 5.01. The maximum absolute atomic E-state index is 5.01. The van der Waals surface area contributed by atoms with Crippen LogP contribution < -0.4 is 5.32 Å². The van der Waals surface area contributed by atoms with E-state index in [1.54, 1.807) is 7.11 Å². The highest BCUT2D eigenvalue weighted by Gasteiger charge is 2.05. The van der Waals surface area contributed by atoms with Crippen molar-refractivity contribution in [1.29, 1.82) is 0 Å². The standard InChI is InChI=1S/C13H29NO/c1-5-13(8-6-7-12(2)3)11-14-9-10-15-4/h12-14H,5-11H2,1-4H3. The Morgan fingerprint density at radius 3 is 2.47 bits per heavy atom. The van der Waals surface area contributed by atoms with Gasteiger partial charge in [-0.3, -0.25) is 0 Å². The molecule has 1 atom stereocenters. The zero-order valence-corrected chi connectivity index (χ0v) is 11.0. The van der Waals surface area contributed by atoms with E-state index in [9.17, 15) is 0 Å². The summed E-state index contributed by atoms with van der Waals surface area (Å²) >= 11 is 0. The van der Waals surface area contributed by atoms with Crippen molar-refractivity contribution in [3.8, 4) is 0 Å². The molecule has 0 aliphatic heterocycles. The minimum atomic E-state index is 0.822. The molecule has 0 aliphatic carbocycles. The number of rotatable bonds is 10. The summed E-state index contributed by atoms with van der Waals surface area (Å²) in [5.74, 6) is 1.70. The highest BCUT2D eigenvalue weighted by molar-refractivity contribution is 4.61. The first kappa shape index (κ1) is 14.9. The lowest BCUT2D eigenvalue weighted by molar-refractivity contribution is 0.197. The molecular formula is C13H29NO. The van der Waals surface area contributed by atoms with Crippen LogP contribution in [0.1, 0.15) is 46.5 Å². The van der Waals surface area contributed by atoms with E-state index < -0.39 is 0 Å². The first-order valence-electron chi connectivity index (χ1n) is 6.40. The third-order valence-electron chi connectivity index (χ3n) is 2.89. The lowest BCUT2D eigenvalue weighted by Crippen LogP contribution is -2.25. The SMILES string of the molecule is CCC(CCCC(C)C)CNCCOC. The van der Waals surface area contributed by atoms with Crippen LogP contribution in [0.15, 0.2) is 0 Å². The Hall–Kier alpha value is -0.0800. The summed E-state index contributed by atoms with van der Waals surface area (Å²) in [6.45, 7) is 9.85. The fourth-order valence-corrected chi connectivity index (χ4v) is 1.75. The molecule has 0 saturated heterocycles. The summed E-state index contributed by atoms with van der Waals surface area (Å²) in [7, 11) is 1.75. The van der Waals surface area contributed by atoms with Crippen molar-refractivity contribution < 1.29 is 4.74 Å². The number of methoxy groups -OCH3 is 1. The Balaban J connectivity index is 3.38. The van der Waals surface area contributed by atoms with Crippen molar-refractivity contribution in [1.82, 2.24) is 5.32 Å². The molecule has 2 nitrogen and oxygen atoms in total. The quantitative estimate of drug-likeness (QED) is 0.565. The van der Waals surface area contributed by atoms with Crippen molar-refractivity contribution in [2.75, 3.05) is 26.8 Å². The van der Waals surface area contributed by atoms with Gasteiger partial charge in [-0.05, 0) is 24.8 Å². The molecule has 0 aliphatic rings. The molecule has 0 heterocycles. The van der Waals surface area contributed by atoms with Crippen LogP contribution in [0.4, 0.5) is 0 Å². The average Bonchev–Trinajstić information content (AvgIpc) is 2.21. The van der Waals surface area contributed by atoms with E-state index in [0.717, 1.165) is 31.5 Å². The molecular weight excluding hydrogens is 186 g/mol. The first-order chi connectivity index (χ1) is 7.20. The Kier molecular flexibility index (Phi) is 10.4. The summed E-state index contributed by atoms with van der Waals surface area (Å²) in [5.41, 5.74) is 0. The molecule has 2 heteroatoms. The Labute approximate surface area is 95.8 Å². The molecule has 1 unspecified atom stereocenters. The van der Waals surface area contributed by atoms with E-state index >= 15 is 0 Å². The van der Waals surface area contributed by atoms with Crippen molar-refractivity contribution in [3.05, 3.63) is 0 Å². The van der Waals surface area contributed by atoms with Gasteiger partial charge in [-0.15, -0.1) is 0 Å². The van der Waals surface area contributed by atoms with E-state index in [-0.39, 0.29) is 0 Å². The van der Waals surface area contributed by atoms with Gasteiger partial charge in [0.2, 0.25) is 0 Å². The van der Waals surface area contributed by atoms with Crippen LogP contribution in [0.5, 0.6) is 0 Å². The third-order valence-corrected chi connectivity index (χ3v) is 2.89. The van der Waals surface area contributed by atoms with Crippen LogP contribution in [0.25, 0.3) is 0 Å². The van der Waals surface area contributed by atoms with Gasteiger partial charge < -0.3 is 10.1 Å². The maximum Gasteiger partial charge on any atom is 0.0587 e. The largest absolute Gasteiger partial charge is 0.383 e. The lowest BCUT2D eigenvalue weighted by atomic mass is 9.96. The minimum Gasteiger partial charge on any atom is -0.383 e. The molecule has 15 heavy (non-hydrogen) atoms. The topological polar surface area (TPSA) is 21.3 Å². The second-order valence-electron chi connectivity index (χ2n) is 4.80. The highest BCUT2D eigenvalue weighted by atomic mass is 16.5. The lowest BCUT2D eigenvalue weighted by Gasteiger charge is -2.16. The first-order valence-corrected chi connectivity index (χ1v) is 6.40. The van der Waals surface area contributed by atoms with Crippen molar-refractivity contribution in [2.45, 2.75) is 46.5 Å². The molecule has 0 bridgehead atoms. The van der Waals surface area contributed by atoms with Crippen LogP contribution >= 0.6 is 0 Å². The molecule has 0 rings (SSSR count). The minimum absolute atomic E-state index is 0.822. The normalized spacial score (nSPS) is 13.4. The fraction of sp³-hybridized carbons (Fsp3) is 1.00. The van der Waals surface area contributed by atoms with Gasteiger partial charge in [0.25, 0.3) is 0 Å². The molecule has 0 spiro atoms. The van der Waals surface area contributed by atoms with Gasteiger partial charge in [0.15, 0.2) is 0 Å². The Bertz CT molecular complexity index is 126. The zero-order chi connectivity index (χ0) is 11.5. The van der Waals surface area contributed by atoms with E-state index in [0.29, 0.717) is 0 Å². The third kappa shape index (κ3) is 10.2. The number of hydrogen-bond acceptors (Lipinski definition) is 2. The summed E-state index contributed by atoms with van der Waals surface area (Å²) in [5, 5.41) is 3.45. The number of ether oxygens (including phenoxy) is 1. The predicted octanol–water partition coefficient (Wildman–Crippen LogP) is 3.07. The molecule has 92 valence electrons. The van der Waals surface area contributed by atoms with Gasteiger partial charge in [0.1, 0.15) is 0 Å². The number of hydrogen-bond donors (Lipinski definition) is 1. The van der Waals surface area contributed by atoms with Gasteiger partial charge in [0.05, 0.1) is 6.61 Å². The van der Waals surface area contributed by atoms with Gasteiger partial charge in [-0.1, -0.05) is 40.0 Å². The van der Waals surface area contributed by atoms with Crippen LogP contribution in [0, 0.1) is 11.8 Å². The average molecular weight is 215 g/mol. The summed E-state index contributed by atoms with van der Waals surface area (Å²) < 4.78 is 5.01. The predicted molar refractivity (Wildman–Crippen MR) is 67.2 cm³/mol. The molecule has 0 fully saturated rings. The molecule has 0 radical (unpaired) electrons. The molecule has 0 aromatic rings. The second kappa shape index (κ2) is 10.4. The molecule has 0 aromatic carbocycles. The Morgan fingerprint density at radius 2 is 1.93 bits per heavy atom. The Morgan fingerprint density at radius 1 is 1.20 bits per heavy atom. The smallest absolute Gasteiger partial charge is 0.0587 e. The van der Waals surface area contributed by atoms with Crippen molar-refractivity contribution in [2.24, 2.45) is 11.8 Å². The molecule has 1 N–H and O–H groups in total. The summed E-state index contributed by atoms with van der Waals surface area (Å²) in [6.07, 6.45) is 5.41. The van der Waals surface area contributed by atoms with Gasteiger partial charge in [0, 0.05) is 13.7 Å². The summed E-state index contributed by atoms with van der Waals surface area (Å²) in [4.78, 5) is 0. The van der Waals surface area contributed by atoms with Gasteiger partial charge >= 0.3 is 0 Å². The van der Waals surface area contributed by atoms with E-state index in [4.69, 9.17) is 4.74 Å². The monoisotopic (exact) mass is 215 g/mol. The summed E-state index contributed by atoms with van der Waals surface area (Å²) in [6, 6.07) is 0. The van der Waals surface area contributed by atoms with Crippen LogP contribution in [0.3, 0.4) is 0 Å². The molecule has 0 amide bonds. The zero-order valence-electron chi connectivity index (χ0n) is 11.0. The van der Waals surface area contributed by atoms with E-state index in [1.807, 2.05) is 0 Å². The van der Waals surface area contributed by atoms with Crippen LogP contribution in [-0.2, 0) is 4.74 Å². The van der Waals surface area contributed by atoms with Gasteiger partial charge in [-0.25, -0.2) is 0 Å². The highest BCUT2D eigenvalue weighted by Crippen LogP contribution is 2.14. The molecule has 0 saturated carbocycles. The van der Waals surface area contributed by atoms with Gasteiger partial charge in [-0.2, -0.15) is 0 Å². The van der Waals surface area contributed by atoms with Crippen LogP contribution in [-0.4, -0.2) is 26.8 Å². The van der Waals surface area contributed by atoms with Crippen LogP contribution in [0.2, 0.25) is 0 Å². The van der Waals surface area contributed by atoms with E-state index in [2.05, 4.69) is 26.1 Å². The molecule has 0 aromatic heterocycles. The second-order valence-corrected chi connectivity index (χ2v) is 4.80. The van der Waals surface area contributed by atoms with Crippen molar-refractivity contribution in [3.63, 3.8) is 0 Å². The fourth-order valence-electron chi connectivity index (χ4n) is 1.75.